The maximum Gasteiger partial charge on any atom is 0.229 e. The number of aryl methyl sites for hydroxylation is 1. The van der Waals surface area contributed by atoms with Crippen LogP contribution in [0.15, 0.2) is 24.3 Å². The van der Waals surface area contributed by atoms with Crippen molar-refractivity contribution >= 4 is 5.91 Å². The van der Waals surface area contributed by atoms with Crippen LogP contribution in [0.4, 0.5) is 0 Å². The summed E-state index contributed by atoms with van der Waals surface area (Å²) < 4.78 is 0. The number of nitrogens with zero attached hydrogens (tertiary/aromatic N) is 1. The molecule has 0 spiro atoms. The Bertz CT molecular complexity index is 440. The van der Waals surface area contributed by atoms with E-state index in [9.17, 15) is 9.90 Å². The van der Waals surface area contributed by atoms with Crippen LogP contribution in [0.3, 0.4) is 0 Å². The molecule has 0 saturated carbocycles. The molecule has 20 heavy (non-hydrogen) atoms. The summed E-state index contributed by atoms with van der Waals surface area (Å²) in [4.78, 5) is 14.0. The van der Waals surface area contributed by atoms with E-state index in [1.165, 1.54) is 0 Å². The molecule has 1 unspecified atom stereocenters. The molecule has 1 amide bonds. The summed E-state index contributed by atoms with van der Waals surface area (Å²) in [6.07, 6.45) is -0.673. The number of rotatable bonds is 6. The van der Waals surface area contributed by atoms with Crippen LogP contribution in [0.5, 0.6) is 0 Å². The van der Waals surface area contributed by atoms with Gasteiger partial charge in [-0.05, 0) is 33.3 Å². The summed E-state index contributed by atoms with van der Waals surface area (Å²) in [6.45, 7) is 8.72. The minimum atomic E-state index is -0.673. The van der Waals surface area contributed by atoms with E-state index in [1.54, 1.807) is 4.90 Å². The molecule has 0 aliphatic rings. The maximum atomic E-state index is 12.4. The number of likely N-dealkylation sites (N-methyl/N-ethyl adjacent to an activating group) is 1. The SMILES string of the molecule is CCN(CC(O)c1ccc(C)cc1)C(=O)C(C)(C)CN. The topological polar surface area (TPSA) is 66.6 Å². The Labute approximate surface area is 121 Å². The van der Waals surface area contributed by atoms with Crippen LogP contribution in [0, 0.1) is 12.3 Å². The first-order valence-electron chi connectivity index (χ1n) is 7.06. The van der Waals surface area contributed by atoms with Gasteiger partial charge in [0.05, 0.1) is 18.1 Å². The second-order valence-corrected chi connectivity index (χ2v) is 5.86. The van der Waals surface area contributed by atoms with Gasteiger partial charge in [-0.1, -0.05) is 29.8 Å². The molecule has 1 aromatic rings. The van der Waals surface area contributed by atoms with Crippen molar-refractivity contribution in [1.82, 2.24) is 4.90 Å². The molecule has 0 heterocycles. The van der Waals surface area contributed by atoms with Gasteiger partial charge in [-0.2, -0.15) is 0 Å². The zero-order valence-electron chi connectivity index (χ0n) is 12.9. The van der Waals surface area contributed by atoms with E-state index in [4.69, 9.17) is 5.73 Å². The fourth-order valence-corrected chi connectivity index (χ4v) is 1.97. The van der Waals surface area contributed by atoms with Gasteiger partial charge in [0.1, 0.15) is 0 Å². The monoisotopic (exact) mass is 278 g/mol. The molecule has 3 N–H and O–H groups in total. The van der Waals surface area contributed by atoms with E-state index in [0.717, 1.165) is 11.1 Å². The van der Waals surface area contributed by atoms with Gasteiger partial charge in [-0.3, -0.25) is 4.79 Å². The van der Waals surface area contributed by atoms with E-state index in [1.807, 2.05) is 52.0 Å². The van der Waals surface area contributed by atoms with Crippen LogP contribution >= 0.6 is 0 Å². The van der Waals surface area contributed by atoms with Gasteiger partial charge in [-0.15, -0.1) is 0 Å². The molecule has 4 nitrogen and oxygen atoms in total. The molecule has 0 radical (unpaired) electrons. The lowest BCUT2D eigenvalue weighted by atomic mass is 9.91. The molecule has 0 fully saturated rings. The van der Waals surface area contributed by atoms with Gasteiger partial charge in [0.25, 0.3) is 0 Å². The van der Waals surface area contributed by atoms with Crippen molar-refractivity contribution in [3.8, 4) is 0 Å². The lowest BCUT2D eigenvalue weighted by Crippen LogP contribution is -2.46. The molecule has 0 aliphatic carbocycles. The molecule has 1 rings (SSSR count). The highest BCUT2D eigenvalue weighted by atomic mass is 16.3. The number of hydrogen-bond donors (Lipinski definition) is 2. The Hall–Kier alpha value is -1.39. The first kappa shape index (κ1) is 16.7. The molecule has 112 valence electrons. The molecule has 0 aliphatic heterocycles. The summed E-state index contributed by atoms with van der Waals surface area (Å²) in [5.41, 5.74) is 7.03. The Morgan fingerprint density at radius 2 is 1.90 bits per heavy atom. The van der Waals surface area contributed by atoms with E-state index >= 15 is 0 Å². The molecule has 4 heteroatoms. The zero-order valence-corrected chi connectivity index (χ0v) is 12.9. The third kappa shape index (κ3) is 4.05. The minimum Gasteiger partial charge on any atom is -0.387 e. The zero-order chi connectivity index (χ0) is 15.3. The largest absolute Gasteiger partial charge is 0.387 e. The number of hydrogen-bond acceptors (Lipinski definition) is 3. The van der Waals surface area contributed by atoms with Crippen molar-refractivity contribution in [1.29, 1.82) is 0 Å². The second kappa shape index (κ2) is 6.86. The van der Waals surface area contributed by atoms with Crippen LogP contribution in [-0.4, -0.2) is 35.5 Å². The van der Waals surface area contributed by atoms with E-state index in [-0.39, 0.29) is 5.91 Å². The minimum absolute atomic E-state index is 0.0198. The number of aliphatic hydroxyl groups is 1. The number of benzene rings is 1. The van der Waals surface area contributed by atoms with Crippen LogP contribution in [0.25, 0.3) is 0 Å². The summed E-state index contributed by atoms with van der Waals surface area (Å²) in [7, 11) is 0. The Kier molecular flexibility index (Phi) is 5.72. The maximum absolute atomic E-state index is 12.4. The molecule has 0 saturated heterocycles. The molecular weight excluding hydrogens is 252 g/mol. The Balaban J connectivity index is 2.78. The third-order valence-electron chi connectivity index (χ3n) is 3.61. The first-order valence-corrected chi connectivity index (χ1v) is 7.06. The number of carbonyl (C=O) groups excluding carboxylic acids is 1. The van der Waals surface area contributed by atoms with Crippen LogP contribution in [0.2, 0.25) is 0 Å². The van der Waals surface area contributed by atoms with Gasteiger partial charge in [-0.25, -0.2) is 0 Å². The second-order valence-electron chi connectivity index (χ2n) is 5.86. The van der Waals surface area contributed by atoms with Crippen molar-refractivity contribution < 1.29 is 9.90 Å². The molecule has 1 aromatic carbocycles. The predicted octanol–water partition coefficient (Wildman–Crippen LogP) is 1.86. The van der Waals surface area contributed by atoms with Crippen LogP contribution in [0.1, 0.15) is 38.0 Å². The summed E-state index contributed by atoms with van der Waals surface area (Å²) in [5.74, 6) is -0.0198. The van der Waals surface area contributed by atoms with Crippen molar-refractivity contribution in [2.75, 3.05) is 19.6 Å². The Morgan fingerprint density at radius 3 is 2.35 bits per heavy atom. The predicted molar refractivity (Wildman–Crippen MR) is 81.2 cm³/mol. The van der Waals surface area contributed by atoms with Crippen molar-refractivity contribution in [3.05, 3.63) is 35.4 Å². The number of nitrogens with two attached hydrogens (primary N) is 1. The number of carbonyl (C=O) groups is 1. The van der Waals surface area contributed by atoms with Gasteiger partial charge in [0.15, 0.2) is 0 Å². The standard InChI is InChI=1S/C16H26N2O2/c1-5-18(15(20)16(3,4)11-17)10-14(19)13-8-6-12(2)7-9-13/h6-9,14,19H,5,10-11,17H2,1-4H3. The highest BCUT2D eigenvalue weighted by Crippen LogP contribution is 2.20. The van der Waals surface area contributed by atoms with Gasteiger partial charge >= 0.3 is 0 Å². The third-order valence-corrected chi connectivity index (χ3v) is 3.61. The lowest BCUT2D eigenvalue weighted by molar-refractivity contribution is -0.141. The average molecular weight is 278 g/mol. The van der Waals surface area contributed by atoms with Crippen molar-refractivity contribution in [3.63, 3.8) is 0 Å². The lowest BCUT2D eigenvalue weighted by Gasteiger charge is -2.31. The number of amides is 1. The first-order chi connectivity index (χ1) is 9.31. The summed E-state index contributed by atoms with van der Waals surface area (Å²) in [6, 6.07) is 7.71. The fraction of sp³-hybridized carbons (Fsp3) is 0.562. The Morgan fingerprint density at radius 1 is 1.35 bits per heavy atom. The van der Waals surface area contributed by atoms with Crippen molar-refractivity contribution in [2.45, 2.75) is 33.8 Å². The van der Waals surface area contributed by atoms with E-state index in [0.29, 0.717) is 19.6 Å². The summed E-state index contributed by atoms with van der Waals surface area (Å²) in [5, 5.41) is 10.3. The van der Waals surface area contributed by atoms with Crippen LogP contribution < -0.4 is 5.73 Å². The van der Waals surface area contributed by atoms with Gasteiger partial charge in [0.2, 0.25) is 5.91 Å². The quantitative estimate of drug-likeness (QED) is 0.834. The molecular formula is C16H26N2O2. The highest BCUT2D eigenvalue weighted by molar-refractivity contribution is 5.82. The average Bonchev–Trinajstić information content (AvgIpc) is 2.44. The van der Waals surface area contributed by atoms with E-state index in [2.05, 4.69) is 0 Å². The molecule has 0 bridgehead atoms. The van der Waals surface area contributed by atoms with Crippen molar-refractivity contribution in [2.24, 2.45) is 11.1 Å². The van der Waals surface area contributed by atoms with Gasteiger partial charge in [0, 0.05) is 13.1 Å². The fourth-order valence-electron chi connectivity index (χ4n) is 1.97. The van der Waals surface area contributed by atoms with Crippen LogP contribution in [-0.2, 0) is 4.79 Å². The summed E-state index contributed by atoms with van der Waals surface area (Å²) >= 11 is 0. The van der Waals surface area contributed by atoms with Gasteiger partial charge < -0.3 is 15.7 Å². The number of aliphatic hydroxyl groups excluding tert-OH is 1. The molecule has 1 atom stereocenters. The highest BCUT2D eigenvalue weighted by Gasteiger charge is 2.31. The normalized spacial score (nSPS) is 13.1. The molecule has 0 aromatic heterocycles. The van der Waals surface area contributed by atoms with E-state index < -0.39 is 11.5 Å². The smallest absolute Gasteiger partial charge is 0.229 e.